The van der Waals surface area contributed by atoms with Crippen LogP contribution in [0.25, 0.3) is 22.6 Å². The maximum absolute atomic E-state index is 13.0. The zero-order valence-corrected chi connectivity index (χ0v) is 17.9. The fourth-order valence-electron chi connectivity index (χ4n) is 3.73. The summed E-state index contributed by atoms with van der Waals surface area (Å²) in [5.74, 6) is 1.39. The molecule has 5 heterocycles. The van der Waals surface area contributed by atoms with E-state index in [0.29, 0.717) is 49.1 Å². The number of carbonyl (C=O) groups excluding carboxylic acids is 1. The van der Waals surface area contributed by atoms with E-state index in [1.54, 1.807) is 15.8 Å². The molecule has 0 aliphatic carbocycles. The number of morpholine rings is 1. The van der Waals surface area contributed by atoms with Crippen LogP contribution in [0.5, 0.6) is 0 Å². The lowest BCUT2D eigenvalue weighted by atomic mass is 10.3. The Morgan fingerprint density at radius 2 is 1.87 bits per heavy atom. The second-order valence-electron chi connectivity index (χ2n) is 7.66. The number of anilines is 1. The minimum Gasteiger partial charge on any atom is -0.378 e. The molecular weight excluding hydrogens is 424 g/mol. The molecular formula is C18H24N8O4S. The Bertz CT molecular complexity index is 1110. The molecule has 0 atom stereocenters. The Labute approximate surface area is 179 Å². The number of rotatable bonds is 3. The number of aryl methyl sites for hydroxylation is 1. The Kier molecular flexibility index (Phi) is 5.04. The summed E-state index contributed by atoms with van der Waals surface area (Å²) in [5.41, 5.74) is 1.77. The monoisotopic (exact) mass is 448 g/mol. The molecule has 0 unspecified atom stereocenters. The first kappa shape index (κ1) is 20.2. The number of ether oxygens (including phenoxy) is 1. The van der Waals surface area contributed by atoms with Gasteiger partial charge in [0.2, 0.25) is 0 Å². The van der Waals surface area contributed by atoms with E-state index in [1.807, 2.05) is 13.2 Å². The molecule has 0 spiro atoms. The zero-order chi connectivity index (χ0) is 21.6. The SMILES string of the molecule is Cn1cc(-c2nc(N3CCOCC3)c3nc(C(=O)N4CCS(O)(O)CC4)[nH]c3n2)cn1. The van der Waals surface area contributed by atoms with Crippen LogP contribution in [-0.4, -0.2) is 101 Å². The van der Waals surface area contributed by atoms with Crippen molar-refractivity contribution in [3.8, 4) is 11.4 Å². The molecule has 2 aliphatic heterocycles. The van der Waals surface area contributed by atoms with Crippen LogP contribution in [0.4, 0.5) is 5.82 Å². The molecule has 1 amide bonds. The molecule has 2 aliphatic rings. The topological polar surface area (TPSA) is 146 Å². The minimum absolute atomic E-state index is 0.167. The van der Waals surface area contributed by atoms with E-state index in [9.17, 15) is 13.9 Å². The van der Waals surface area contributed by atoms with Crippen LogP contribution in [0.1, 0.15) is 10.6 Å². The number of hydrogen-bond acceptors (Lipinski definition) is 9. The predicted octanol–water partition coefficient (Wildman–Crippen LogP) is 0.796. The van der Waals surface area contributed by atoms with Crippen LogP contribution in [0, 0.1) is 0 Å². The van der Waals surface area contributed by atoms with E-state index in [-0.39, 0.29) is 36.3 Å². The molecule has 3 aromatic rings. The summed E-state index contributed by atoms with van der Waals surface area (Å²) < 4.78 is 26.8. The molecule has 3 aromatic heterocycles. The van der Waals surface area contributed by atoms with Crippen molar-refractivity contribution in [2.24, 2.45) is 7.05 Å². The first-order valence-corrected chi connectivity index (χ1v) is 11.9. The number of amides is 1. The molecule has 12 nitrogen and oxygen atoms in total. The van der Waals surface area contributed by atoms with E-state index < -0.39 is 10.6 Å². The van der Waals surface area contributed by atoms with E-state index in [1.165, 1.54) is 0 Å². The second-order valence-corrected chi connectivity index (χ2v) is 10.1. The van der Waals surface area contributed by atoms with E-state index in [2.05, 4.69) is 25.0 Å². The van der Waals surface area contributed by atoms with Crippen LogP contribution >= 0.6 is 10.6 Å². The third-order valence-corrected chi connectivity index (χ3v) is 7.14. The van der Waals surface area contributed by atoms with Crippen molar-refractivity contribution >= 4 is 33.5 Å². The van der Waals surface area contributed by atoms with Crippen LogP contribution in [0.2, 0.25) is 0 Å². The fourth-order valence-corrected chi connectivity index (χ4v) is 4.96. The van der Waals surface area contributed by atoms with Gasteiger partial charge in [-0.3, -0.25) is 18.6 Å². The summed E-state index contributed by atoms with van der Waals surface area (Å²) in [7, 11) is -0.760. The third kappa shape index (κ3) is 3.96. The van der Waals surface area contributed by atoms with Gasteiger partial charge in [0.15, 0.2) is 28.6 Å². The first-order chi connectivity index (χ1) is 14.9. The summed E-state index contributed by atoms with van der Waals surface area (Å²) in [5, 5.41) is 4.20. The van der Waals surface area contributed by atoms with Gasteiger partial charge in [-0.2, -0.15) is 15.7 Å². The van der Waals surface area contributed by atoms with E-state index >= 15 is 0 Å². The maximum atomic E-state index is 13.0. The van der Waals surface area contributed by atoms with E-state index in [0.717, 1.165) is 5.56 Å². The van der Waals surface area contributed by atoms with Gasteiger partial charge < -0.3 is 19.5 Å². The summed E-state index contributed by atoms with van der Waals surface area (Å²) in [6.07, 6.45) is 3.53. The molecule has 13 heteroatoms. The molecule has 5 rings (SSSR count). The average Bonchev–Trinajstić information content (AvgIpc) is 3.39. The minimum atomic E-state index is -2.58. The van der Waals surface area contributed by atoms with Gasteiger partial charge >= 0.3 is 0 Å². The predicted molar refractivity (Wildman–Crippen MR) is 115 cm³/mol. The lowest BCUT2D eigenvalue weighted by Crippen LogP contribution is -2.42. The molecule has 0 saturated carbocycles. The number of imidazole rings is 1. The molecule has 31 heavy (non-hydrogen) atoms. The van der Waals surface area contributed by atoms with Crippen molar-refractivity contribution in [1.29, 1.82) is 0 Å². The van der Waals surface area contributed by atoms with Gasteiger partial charge in [0.1, 0.15) is 0 Å². The number of hydrogen-bond donors (Lipinski definition) is 3. The Morgan fingerprint density at radius 1 is 1.13 bits per heavy atom. The quantitative estimate of drug-likeness (QED) is 0.529. The number of aromatic nitrogens is 6. The van der Waals surface area contributed by atoms with Crippen molar-refractivity contribution in [3.63, 3.8) is 0 Å². The molecule has 3 N–H and O–H groups in total. The highest BCUT2D eigenvalue weighted by Gasteiger charge is 2.29. The summed E-state index contributed by atoms with van der Waals surface area (Å²) in [6.45, 7) is 3.06. The van der Waals surface area contributed by atoms with Crippen molar-refractivity contribution in [2.45, 2.75) is 0 Å². The van der Waals surface area contributed by atoms with Gasteiger partial charge in [-0.1, -0.05) is 0 Å². The number of nitrogens with one attached hydrogen (secondary N) is 1. The number of H-pyrrole nitrogens is 1. The number of carbonyl (C=O) groups is 1. The summed E-state index contributed by atoms with van der Waals surface area (Å²) in [6, 6.07) is 0. The van der Waals surface area contributed by atoms with Crippen LogP contribution in [-0.2, 0) is 11.8 Å². The van der Waals surface area contributed by atoms with Crippen LogP contribution < -0.4 is 4.90 Å². The van der Waals surface area contributed by atoms with Crippen molar-refractivity contribution < 1.29 is 18.6 Å². The number of aromatic amines is 1. The molecule has 166 valence electrons. The Morgan fingerprint density at radius 3 is 2.55 bits per heavy atom. The van der Waals surface area contributed by atoms with Crippen LogP contribution in [0.3, 0.4) is 0 Å². The molecule has 0 bridgehead atoms. The Hall–Kier alpha value is -2.74. The normalized spacial score (nSPS) is 20.2. The van der Waals surface area contributed by atoms with Gasteiger partial charge in [-0.05, 0) is 0 Å². The molecule has 2 fully saturated rings. The average molecular weight is 449 g/mol. The maximum Gasteiger partial charge on any atom is 0.289 e. The molecule has 0 radical (unpaired) electrons. The zero-order valence-electron chi connectivity index (χ0n) is 17.1. The summed E-state index contributed by atoms with van der Waals surface area (Å²) in [4.78, 5) is 33.6. The highest BCUT2D eigenvalue weighted by molar-refractivity contribution is 8.24. The second kappa shape index (κ2) is 7.75. The third-order valence-electron chi connectivity index (χ3n) is 5.47. The lowest BCUT2D eigenvalue weighted by Gasteiger charge is -2.40. The molecule has 0 aromatic carbocycles. The number of fused-ring (bicyclic) bond motifs is 1. The van der Waals surface area contributed by atoms with Crippen molar-refractivity contribution in [1.82, 2.24) is 34.6 Å². The Balaban J connectivity index is 1.53. The number of nitrogens with zero attached hydrogens (tertiary/aromatic N) is 7. The summed E-state index contributed by atoms with van der Waals surface area (Å²) >= 11 is 0. The van der Waals surface area contributed by atoms with Crippen molar-refractivity contribution in [2.75, 3.05) is 55.8 Å². The van der Waals surface area contributed by atoms with Gasteiger partial charge in [0.05, 0.1) is 36.5 Å². The molecule has 2 saturated heterocycles. The standard InChI is InChI=1S/C18H24N8O4S/c1-24-11-12(10-19-24)14-21-15-13(17(23-14)25-2-6-30-7-3-25)20-16(22-15)18(27)26-4-8-31(28,29)9-5-26/h10-11,28-29H,2-9H2,1H3,(H,20,21,22,23). The smallest absolute Gasteiger partial charge is 0.289 e. The van der Waals surface area contributed by atoms with Crippen LogP contribution in [0.15, 0.2) is 12.4 Å². The lowest BCUT2D eigenvalue weighted by molar-refractivity contribution is 0.0757. The first-order valence-electron chi connectivity index (χ1n) is 10.0. The van der Waals surface area contributed by atoms with Gasteiger partial charge in [-0.15, -0.1) is 0 Å². The fraction of sp³-hybridized carbons (Fsp3) is 0.500. The highest BCUT2D eigenvalue weighted by atomic mass is 32.3. The highest BCUT2D eigenvalue weighted by Crippen LogP contribution is 2.40. The van der Waals surface area contributed by atoms with Crippen molar-refractivity contribution in [3.05, 3.63) is 18.2 Å². The van der Waals surface area contributed by atoms with Gasteiger partial charge in [0.25, 0.3) is 5.91 Å². The van der Waals surface area contributed by atoms with E-state index in [4.69, 9.17) is 9.72 Å². The van der Waals surface area contributed by atoms with Gasteiger partial charge in [-0.25, -0.2) is 15.0 Å². The largest absolute Gasteiger partial charge is 0.378 e. The van der Waals surface area contributed by atoms with Gasteiger partial charge in [0, 0.05) is 39.4 Å².